The predicted molar refractivity (Wildman–Crippen MR) is 59.7 cm³/mol. The highest BCUT2D eigenvalue weighted by atomic mass is 35.5. The van der Waals surface area contributed by atoms with E-state index in [1.165, 1.54) is 6.33 Å². The minimum atomic E-state index is 0.489. The van der Waals surface area contributed by atoms with E-state index in [1.54, 1.807) is 12.4 Å². The van der Waals surface area contributed by atoms with E-state index in [4.69, 9.17) is 11.6 Å². The van der Waals surface area contributed by atoms with Crippen LogP contribution >= 0.6 is 11.6 Å². The summed E-state index contributed by atoms with van der Waals surface area (Å²) < 4.78 is 0. The van der Waals surface area contributed by atoms with Crippen LogP contribution in [0.2, 0.25) is 5.15 Å². The van der Waals surface area contributed by atoms with Crippen LogP contribution in [0.3, 0.4) is 0 Å². The number of hydrogen-bond acceptors (Lipinski definition) is 3. The van der Waals surface area contributed by atoms with Gasteiger partial charge in [0.25, 0.3) is 0 Å². The molecule has 2 aromatic rings. The lowest BCUT2D eigenvalue weighted by Crippen LogP contribution is -1.94. The normalized spacial score (nSPS) is 10.3. The highest BCUT2D eigenvalue weighted by molar-refractivity contribution is 6.30. The van der Waals surface area contributed by atoms with Crippen LogP contribution in [0, 0.1) is 13.8 Å². The minimum absolute atomic E-state index is 0.489. The smallest absolute Gasteiger partial charge is 0.135 e. The largest absolute Gasteiger partial charge is 0.264 e. The summed E-state index contributed by atoms with van der Waals surface area (Å²) in [5, 5.41) is 0.489. The molecule has 4 heteroatoms. The van der Waals surface area contributed by atoms with Gasteiger partial charge in [0.15, 0.2) is 0 Å². The van der Waals surface area contributed by atoms with Crippen LogP contribution in [0.1, 0.15) is 11.1 Å². The molecule has 0 amide bonds. The molecule has 0 radical (unpaired) electrons. The molecule has 0 aliphatic heterocycles. The van der Waals surface area contributed by atoms with E-state index in [0.29, 0.717) is 5.15 Å². The summed E-state index contributed by atoms with van der Waals surface area (Å²) in [6.45, 7) is 3.93. The molecule has 0 unspecified atom stereocenters. The van der Waals surface area contributed by atoms with Gasteiger partial charge < -0.3 is 0 Å². The first kappa shape index (κ1) is 10.1. The molecule has 0 saturated carbocycles. The molecule has 2 rings (SSSR count). The molecule has 0 aliphatic rings. The number of aromatic nitrogens is 3. The quantitative estimate of drug-likeness (QED) is 0.693. The van der Waals surface area contributed by atoms with Gasteiger partial charge in [-0.3, -0.25) is 4.98 Å². The second-order valence-corrected chi connectivity index (χ2v) is 3.69. The fourth-order valence-electron chi connectivity index (χ4n) is 1.41. The summed E-state index contributed by atoms with van der Waals surface area (Å²) in [5.74, 6) is 0. The van der Waals surface area contributed by atoms with Gasteiger partial charge in [0, 0.05) is 23.5 Å². The summed E-state index contributed by atoms with van der Waals surface area (Å²) >= 11 is 5.94. The molecule has 0 saturated heterocycles. The van der Waals surface area contributed by atoms with Gasteiger partial charge in [0.2, 0.25) is 0 Å². The van der Waals surface area contributed by atoms with Crippen molar-refractivity contribution in [2.75, 3.05) is 0 Å². The van der Waals surface area contributed by atoms with Crippen molar-refractivity contribution in [2.24, 2.45) is 0 Å². The number of hydrogen-bond donors (Lipinski definition) is 0. The standard InChI is InChI=1S/C11H10ClN3/c1-7-3-4-13-5-9(7)10-8(2)11(12)15-6-14-10/h3-6H,1-2H3. The Morgan fingerprint density at radius 1 is 1.20 bits per heavy atom. The second-order valence-electron chi connectivity index (χ2n) is 3.33. The van der Waals surface area contributed by atoms with Crippen molar-refractivity contribution in [3.05, 3.63) is 41.1 Å². The molecule has 0 fully saturated rings. The van der Waals surface area contributed by atoms with Crippen molar-refractivity contribution in [1.82, 2.24) is 15.0 Å². The van der Waals surface area contributed by atoms with Gasteiger partial charge in [-0.05, 0) is 25.5 Å². The third kappa shape index (κ3) is 1.83. The zero-order valence-electron chi connectivity index (χ0n) is 8.53. The number of nitrogens with zero attached hydrogens (tertiary/aromatic N) is 3. The molecule has 3 nitrogen and oxygen atoms in total. The van der Waals surface area contributed by atoms with Gasteiger partial charge in [-0.1, -0.05) is 11.6 Å². The van der Waals surface area contributed by atoms with Crippen LogP contribution < -0.4 is 0 Å². The topological polar surface area (TPSA) is 38.7 Å². The predicted octanol–water partition coefficient (Wildman–Crippen LogP) is 2.81. The first-order valence-corrected chi connectivity index (χ1v) is 4.96. The Hall–Kier alpha value is -1.48. The van der Waals surface area contributed by atoms with E-state index < -0.39 is 0 Å². The molecular weight excluding hydrogens is 210 g/mol. The molecule has 0 aromatic carbocycles. The number of aryl methyl sites for hydroxylation is 1. The Kier molecular flexibility index (Phi) is 2.64. The van der Waals surface area contributed by atoms with Crippen molar-refractivity contribution < 1.29 is 0 Å². The van der Waals surface area contributed by atoms with Crippen molar-refractivity contribution in [1.29, 1.82) is 0 Å². The maximum atomic E-state index is 5.94. The Balaban J connectivity index is 2.65. The average molecular weight is 220 g/mol. The first-order chi connectivity index (χ1) is 7.20. The summed E-state index contributed by atoms with van der Waals surface area (Å²) in [6, 6.07) is 1.95. The summed E-state index contributed by atoms with van der Waals surface area (Å²) in [5.41, 5.74) is 3.86. The van der Waals surface area contributed by atoms with Crippen molar-refractivity contribution in [3.8, 4) is 11.3 Å². The van der Waals surface area contributed by atoms with Crippen LogP contribution in [0.25, 0.3) is 11.3 Å². The van der Waals surface area contributed by atoms with Crippen molar-refractivity contribution >= 4 is 11.6 Å². The van der Waals surface area contributed by atoms with E-state index in [1.807, 2.05) is 19.9 Å². The molecule has 2 heterocycles. The van der Waals surface area contributed by atoms with Crippen LogP contribution in [-0.2, 0) is 0 Å². The summed E-state index contributed by atoms with van der Waals surface area (Å²) in [7, 11) is 0. The summed E-state index contributed by atoms with van der Waals surface area (Å²) in [4.78, 5) is 12.3. The third-order valence-corrected chi connectivity index (χ3v) is 2.70. The Morgan fingerprint density at radius 2 is 2.00 bits per heavy atom. The SMILES string of the molecule is Cc1ccncc1-c1ncnc(Cl)c1C. The third-order valence-electron chi connectivity index (χ3n) is 2.32. The van der Waals surface area contributed by atoms with Crippen molar-refractivity contribution in [2.45, 2.75) is 13.8 Å². The Morgan fingerprint density at radius 3 is 2.73 bits per heavy atom. The monoisotopic (exact) mass is 219 g/mol. The zero-order chi connectivity index (χ0) is 10.8. The molecule has 0 bridgehead atoms. The van der Waals surface area contributed by atoms with Gasteiger partial charge in [-0.25, -0.2) is 9.97 Å². The van der Waals surface area contributed by atoms with E-state index >= 15 is 0 Å². The number of halogens is 1. The van der Waals surface area contributed by atoms with E-state index in [2.05, 4.69) is 15.0 Å². The zero-order valence-corrected chi connectivity index (χ0v) is 9.28. The lowest BCUT2D eigenvalue weighted by molar-refractivity contribution is 1.12. The molecule has 0 aliphatic carbocycles. The van der Waals surface area contributed by atoms with E-state index in [9.17, 15) is 0 Å². The van der Waals surface area contributed by atoms with Gasteiger partial charge in [-0.2, -0.15) is 0 Å². The molecule has 0 atom stereocenters. The van der Waals surface area contributed by atoms with Gasteiger partial charge in [0.05, 0.1) is 5.69 Å². The summed E-state index contributed by atoms with van der Waals surface area (Å²) in [6.07, 6.45) is 5.02. The molecule has 2 aromatic heterocycles. The van der Waals surface area contributed by atoms with Gasteiger partial charge in [0.1, 0.15) is 11.5 Å². The Labute approximate surface area is 93.2 Å². The van der Waals surface area contributed by atoms with Crippen LogP contribution in [0.4, 0.5) is 0 Å². The van der Waals surface area contributed by atoms with Crippen molar-refractivity contribution in [3.63, 3.8) is 0 Å². The number of pyridine rings is 1. The molecule has 0 spiro atoms. The molecule has 76 valence electrons. The highest BCUT2D eigenvalue weighted by Gasteiger charge is 2.09. The fraction of sp³-hybridized carbons (Fsp3) is 0.182. The average Bonchev–Trinajstić information content (AvgIpc) is 2.23. The van der Waals surface area contributed by atoms with Gasteiger partial charge >= 0.3 is 0 Å². The molecule has 0 N–H and O–H groups in total. The van der Waals surface area contributed by atoms with Gasteiger partial charge in [-0.15, -0.1) is 0 Å². The second kappa shape index (κ2) is 3.95. The Bertz CT molecular complexity index is 497. The van der Waals surface area contributed by atoms with Crippen LogP contribution in [0.15, 0.2) is 24.8 Å². The fourth-order valence-corrected chi connectivity index (χ4v) is 1.55. The van der Waals surface area contributed by atoms with E-state index in [-0.39, 0.29) is 0 Å². The lowest BCUT2D eigenvalue weighted by atomic mass is 10.1. The molecule has 15 heavy (non-hydrogen) atoms. The lowest BCUT2D eigenvalue weighted by Gasteiger charge is -2.07. The van der Waals surface area contributed by atoms with E-state index in [0.717, 1.165) is 22.4 Å². The molecular formula is C11H10ClN3. The minimum Gasteiger partial charge on any atom is -0.264 e. The number of rotatable bonds is 1. The van der Waals surface area contributed by atoms with Crippen LogP contribution in [0.5, 0.6) is 0 Å². The maximum Gasteiger partial charge on any atom is 0.135 e. The maximum absolute atomic E-state index is 5.94. The van der Waals surface area contributed by atoms with Crippen LogP contribution in [-0.4, -0.2) is 15.0 Å². The highest BCUT2D eigenvalue weighted by Crippen LogP contribution is 2.26. The first-order valence-electron chi connectivity index (χ1n) is 4.58.